The summed E-state index contributed by atoms with van der Waals surface area (Å²) in [6.07, 6.45) is 5.37. The summed E-state index contributed by atoms with van der Waals surface area (Å²) in [5, 5.41) is 6.41. The zero-order valence-corrected chi connectivity index (χ0v) is 19.8. The molecule has 3 aromatic rings. The van der Waals surface area contributed by atoms with Gasteiger partial charge in [0.1, 0.15) is 11.5 Å². The Morgan fingerprint density at radius 2 is 1.56 bits per heavy atom. The Morgan fingerprint density at radius 3 is 2.25 bits per heavy atom. The van der Waals surface area contributed by atoms with Gasteiger partial charge in [-0.05, 0) is 72.2 Å². The zero-order chi connectivity index (χ0) is 25.6. The molecule has 0 heterocycles. The molecular formula is C28H27N3O5. The first-order valence-corrected chi connectivity index (χ1v) is 11.4. The van der Waals surface area contributed by atoms with Gasteiger partial charge in [0.2, 0.25) is 0 Å². The molecule has 0 atom stereocenters. The molecule has 0 aliphatic heterocycles. The summed E-state index contributed by atoms with van der Waals surface area (Å²) in [5.74, 6) is -0.272. The van der Waals surface area contributed by atoms with E-state index in [9.17, 15) is 14.4 Å². The second kappa shape index (κ2) is 13.9. The van der Waals surface area contributed by atoms with Gasteiger partial charge >= 0.3 is 5.97 Å². The average molecular weight is 486 g/mol. The fraction of sp³-hybridized carbons (Fsp3) is 0.143. The van der Waals surface area contributed by atoms with Crippen LogP contribution in [0.3, 0.4) is 0 Å². The molecule has 0 radical (unpaired) electrons. The van der Waals surface area contributed by atoms with E-state index in [4.69, 9.17) is 9.47 Å². The lowest BCUT2D eigenvalue weighted by molar-refractivity contribution is -0.129. The summed E-state index contributed by atoms with van der Waals surface area (Å²) in [6.45, 7) is 2.39. The molecular weight excluding hydrogens is 458 g/mol. The smallest absolute Gasteiger partial charge is 0.336 e. The average Bonchev–Trinajstić information content (AvgIpc) is 2.91. The molecule has 8 heteroatoms. The summed E-state index contributed by atoms with van der Waals surface area (Å²) in [5.41, 5.74) is 4.36. The van der Waals surface area contributed by atoms with Crippen LogP contribution in [0.5, 0.6) is 11.5 Å². The van der Waals surface area contributed by atoms with E-state index in [0.717, 1.165) is 12.0 Å². The van der Waals surface area contributed by atoms with Crippen molar-refractivity contribution in [2.24, 2.45) is 5.10 Å². The first-order chi connectivity index (χ1) is 17.5. The fourth-order valence-electron chi connectivity index (χ4n) is 2.90. The lowest BCUT2D eigenvalue weighted by Gasteiger charge is -2.07. The minimum absolute atomic E-state index is 0.227. The Hall–Kier alpha value is -4.72. The largest absolute Gasteiger partial charge is 0.494 e. The predicted molar refractivity (Wildman–Crippen MR) is 138 cm³/mol. The van der Waals surface area contributed by atoms with Crippen molar-refractivity contribution in [1.29, 1.82) is 0 Å². The zero-order valence-electron chi connectivity index (χ0n) is 19.8. The Labute approximate surface area is 209 Å². The topological polar surface area (TPSA) is 106 Å². The van der Waals surface area contributed by atoms with Crippen molar-refractivity contribution in [3.05, 3.63) is 102 Å². The number of hydrogen-bond donors (Lipinski definition) is 2. The van der Waals surface area contributed by atoms with Crippen LogP contribution in [0.2, 0.25) is 0 Å². The molecule has 3 aromatic carbocycles. The highest BCUT2D eigenvalue weighted by molar-refractivity contribution is 5.96. The Balaban J connectivity index is 1.39. The Bertz CT molecular complexity index is 1200. The normalized spacial score (nSPS) is 10.8. The number of nitrogens with one attached hydrogen (secondary N) is 2. The number of nitrogens with zero attached hydrogens (tertiary/aromatic N) is 1. The van der Waals surface area contributed by atoms with Crippen molar-refractivity contribution >= 4 is 30.1 Å². The maximum absolute atomic E-state index is 12.2. The highest BCUT2D eigenvalue weighted by Crippen LogP contribution is 2.13. The molecule has 0 spiro atoms. The number of amides is 2. The van der Waals surface area contributed by atoms with Crippen LogP contribution in [0, 0.1) is 0 Å². The van der Waals surface area contributed by atoms with Crippen molar-refractivity contribution in [1.82, 2.24) is 10.7 Å². The van der Waals surface area contributed by atoms with Gasteiger partial charge in [0.15, 0.2) is 0 Å². The number of ether oxygens (including phenoxy) is 2. The third kappa shape index (κ3) is 8.90. The maximum Gasteiger partial charge on any atom is 0.336 e. The molecule has 0 unspecified atom stereocenters. The van der Waals surface area contributed by atoms with E-state index < -0.39 is 11.9 Å². The molecule has 0 bridgehead atoms. The quantitative estimate of drug-likeness (QED) is 0.141. The number of benzene rings is 3. The molecule has 2 N–H and O–H groups in total. The second-order valence-corrected chi connectivity index (χ2v) is 7.58. The minimum atomic E-state index is -0.490. The second-order valence-electron chi connectivity index (χ2n) is 7.58. The van der Waals surface area contributed by atoms with E-state index in [1.165, 1.54) is 12.3 Å². The van der Waals surface area contributed by atoms with E-state index in [1.54, 1.807) is 54.6 Å². The van der Waals surface area contributed by atoms with Crippen LogP contribution in [0.4, 0.5) is 0 Å². The number of esters is 1. The summed E-state index contributed by atoms with van der Waals surface area (Å²) in [6, 6.07) is 22.7. The molecule has 0 fully saturated rings. The lowest BCUT2D eigenvalue weighted by atomic mass is 10.2. The van der Waals surface area contributed by atoms with Gasteiger partial charge in [0.05, 0.1) is 19.4 Å². The van der Waals surface area contributed by atoms with Crippen molar-refractivity contribution in [2.75, 3.05) is 13.2 Å². The van der Waals surface area contributed by atoms with Crippen LogP contribution in [-0.2, 0) is 9.59 Å². The van der Waals surface area contributed by atoms with Crippen molar-refractivity contribution in [2.45, 2.75) is 13.3 Å². The molecule has 3 rings (SSSR count). The van der Waals surface area contributed by atoms with E-state index >= 15 is 0 Å². The molecule has 0 aromatic heterocycles. The number of carbonyl (C=O) groups excluding carboxylic acids is 3. The SMILES string of the molecule is CCCOc1ccc(C(=O)NCC(=O)NN=Cc2ccc(OC(=O)C=Cc3ccccc3)cc2)cc1. The molecule has 184 valence electrons. The molecule has 0 saturated heterocycles. The summed E-state index contributed by atoms with van der Waals surface area (Å²) >= 11 is 0. The third-order valence-corrected chi connectivity index (χ3v) is 4.71. The molecule has 2 amide bonds. The molecule has 8 nitrogen and oxygen atoms in total. The lowest BCUT2D eigenvalue weighted by Crippen LogP contribution is -2.34. The maximum atomic E-state index is 12.2. The van der Waals surface area contributed by atoms with Crippen molar-refractivity contribution < 1.29 is 23.9 Å². The monoisotopic (exact) mass is 485 g/mol. The molecule has 36 heavy (non-hydrogen) atoms. The fourth-order valence-corrected chi connectivity index (χ4v) is 2.90. The van der Waals surface area contributed by atoms with Gasteiger partial charge in [0, 0.05) is 11.6 Å². The van der Waals surface area contributed by atoms with E-state index in [1.807, 2.05) is 37.3 Å². The first kappa shape index (κ1) is 25.9. The van der Waals surface area contributed by atoms with Gasteiger partial charge in [-0.25, -0.2) is 10.2 Å². The van der Waals surface area contributed by atoms with Crippen LogP contribution < -0.4 is 20.2 Å². The first-order valence-electron chi connectivity index (χ1n) is 11.4. The highest BCUT2D eigenvalue weighted by Gasteiger charge is 2.08. The van der Waals surface area contributed by atoms with E-state index in [-0.39, 0.29) is 12.5 Å². The van der Waals surface area contributed by atoms with Gasteiger partial charge < -0.3 is 14.8 Å². The van der Waals surface area contributed by atoms with E-state index in [0.29, 0.717) is 29.2 Å². The molecule has 0 aliphatic rings. The van der Waals surface area contributed by atoms with Crippen LogP contribution in [0.15, 0.2) is 90.0 Å². The van der Waals surface area contributed by atoms with E-state index in [2.05, 4.69) is 15.8 Å². The standard InChI is InChI=1S/C28H27N3O5/c1-2-18-35-24-15-11-23(12-16-24)28(34)29-20-26(32)31-30-19-22-8-13-25(14-9-22)36-27(33)17-10-21-6-4-3-5-7-21/h3-17,19H,2,18,20H2,1H3,(H,29,34)(H,31,32). The van der Waals surface area contributed by atoms with Gasteiger partial charge in [-0.15, -0.1) is 0 Å². The van der Waals surface area contributed by atoms with Crippen molar-refractivity contribution in [3.63, 3.8) is 0 Å². The van der Waals surface area contributed by atoms with Crippen molar-refractivity contribution in [3.8, 4) is 11.5 Å². The van der Waals surface area contributed by atoms with Crippen LogP contribution in [-0.4, -0.2) is 37.1 Å². The van der Waals surface area contributed by atoms with Crippen LogP contribution in [0.1, 0.15) is 34.8 Å². The summed E-state index contributed by atoms with van der Waals surface area (Å²) < 4.78 is 10.7. The van der Waals surface area contributed by atoms with Gasteiger partial charge in [0.25, 0.3) is 11.8 Å². The van der Waals surface area contributed by atoms with Gasteiger partial charge in [-0.3, -0.25) is 9.59 Å². The number of hydrazone groups is 1. The third-order valence-electron chi connectivity index (χ3n) is 4.71. The highest BCUT2D eigenvalue weighted by atomic mass is 16.5. The summed E-state index contributed by atoms with van der Waals surface area (Å²) in [7, 11) is 0. The van der Waals surface area contributed by atoms with Gasteiger partial charge in [-0.1, -0.05) is 37.3 Å². The Kier molecular flexibility index (Phi) is 9.97. The van der Waals surface area contributed by atoms with Crippen LogP contribution in [0.25, 0.3) is 6.08 Å². The summed E-state index contributed by atoms with van der Waals surface area (Å²) in [4.78, 5) is 36.1. The molecule has 0 aliphatic carbocycles. The Morgan fingerprint density at radius 1 is 0.861 bits per heavy atom. The number of carbonyl (C=O) groups is 3. The minimum Gasteiger partial charge on any atom is -0.494 e. The number of hydrogen-bond acceptors (Lipinski definition) is 6. The van der Waals surface area contributed by atoms with Gasteiger partial charge in [-0.2, -0.15) is 5.10 Å². The number of rotatable bonds is 11. The molecule has 0 saturated carbocycles. The van der Waals surface area contributed by atoms with Crippen LogP contribution >= 0.6 is 0 Å². The predicted octanol–water partition coefficient (Wildman–Crippen LogP) is 3.97.